The van der Waals surface area contributed by atoms with Gasteiger partial charge in [0.1, 0.15) is 11.8 Å². The first-order valence-electron chi connectivity index (χ1n) is 3.58. The Bertz CT molecular complexity index is 423. The maximum absolute atomic E-state index is 11.7. The molecule has 0 N–H and O–H groups in total. The summed E-state index contributed by atoms with van der Waals surface area (Å²) in [6.45, 7) is 0. The Morgan fingerprint density at radius 3 is 2.60 bits per heavy atom. The molecule has 0 aliphatic carbocycles. The van der Waals surface area contributed by atoms with E-state index in [-0.39, 0.29) is 17.5 Å². The van der Waals surface area contributed by atoms with Crippen LogP contribution in [0.3, 0.4) is 0 Å². The van der Waals surface area contributed by atoms with E-state index in [4.69, 9.17) is 5.26 Å². The number of nitrogens with zero attached hydrogens (tertiary/aromatic N) is 2. The van der Waals surface area contributed by atoms with Gasteiger partial charge in [0.05, 0.1) is 5.56 Å². The summed E-state index contributed by atoms with van der Waals surface area (Å²) in [6, 6.07) is 3.49. The number of ether oxygens (including phenoxy) is 1. The van der Waals surface area contributed by atoms with E-state index in [1.165, 1.54) is 0 Å². The van der Waals surface area contributed by atoms with E-state index in [0.717, 1.165) is 12.1 Å². The second-order valence-corrected chi connectivity index (χ2v) is 2.36. The second kappa shape index (κ2) is 3.96. The highest BCUT2D eigenvalue weighted by atomic mass is 19.4. The number of aromatic nitrogens is 1. The third-order valence-electron chi connectivity index (χ3n) is 1.35. The normalized spacial score (nSPS) is 10.5. The van der Waals surface area contributed by atoms with Crippen LogP contribution in [0.25, 0.3) is 0 Å². The van der Waals surface area contributed by atoms with Crippen LogP contribution in [0.15, 0.2) is 12.1 Å². The first-order valence-corrected chi connectivity index (χ1v) is 3.58. The summed E-state index contributed by atoms with van der Waals surface area (Å²) < 4.78 is 38.7. The van der Waals surface area contributed by atoms with Crippen LogP contribution < -0.4 is 4.74 Å². The fourth-order valence-electron chi connectivity index (χ4n) is 0.816. The monoisotopic (exact) mass is 216 g/mol. The summed E-state index contributed by atoms with van der Waals surface area (Å²) >= 11 is 0. The van der Waals surface area contributed by atoms with Crippen LogP contribution in [0.4, 0.5) is 13.2 Å². The van der Waals surface area contributed by atoms with Crippen molar-refractivity contribution in [1.29, 1.82) is 5.26 Å². The van der Waals surface area contributed by atoms with Gasteiger partial charge in [0.15, 0.2) is 6.29 Å². The van der Waals surface area contributed by atoms with Crippen LogP contribution in [-0.4, -0.2) is 17.6 Å². The van der Waals surface area contributed by atoms with Gasteiger partial charge in [-0.3, -0.25) is 4.79 Å². The second-order valence-electron chi connectivity index (χ2n) is 2.36. The number of alkyl halides is 3. The fourth-order valence-corrected chi connectivity index (χ4v) is 0.816. The van der Waals surface area contributed by atoms with E-state index < -0.39 is 12.2 Å². The number of halogens is 3. The van der Waals surface area contributed by atoms with E-state index in [0.29, 0.717) is 0 Å². The van der Waals surface area contributed by atoms with E-state index in [9.17, 15) is 18.0 Å². The number of nitriles is 1. The molecule has 1 aromatic heterocycles. The molecular weight excluding hydrogens is 213 g/mol. The standard InChI is InChI=1S/C8H3F3N2O2/c9-8(10,11)15-7-2-1-5(3-12)6(4-14)13-7/h1-2,4H. The molecule has 1 heterocycles. The van der Waals surface area contributed by atoms with Gasteiger partial charge in [0.2, 0.25) is 5.88 Å². The lowest BCUT2D eigenvalue weighted by Crippen LogP contribution is -2.18. The van der Waals surface area contributed by atoms with Gasteiger partial charge in [-0.25, -0.2) is 4.98 Å². The molecule has 0 bridgehead atoms. The van der Waals surface area contributed by atoms with Crippen LogP contribution in [0, 0.1) is 11.3 Å². The molecule has 0 radical (unpaired) electrons. The van der Waals surface area contributed by atoms with E-state index >= 15 is 0 Å². The molecule has 1 rings (SSSR count). The quantitative estimate of drug-likeness (QED) is 0.705. The van der Waals surface area contributed by atoms with Crippen molar-refractivity contribution in [3.63, 3.8) is 0 Å². The average molecular weight is 216 g/mol. The number of carbonyl (C=O) groups excluding carboxylic acids is 1. The summed E-state index contributed by atoms with van der Waals surface area (Å²) in [5.74, 6) is -0.774. The predicted molar refractivity (Wildman–Crippen MR) is 41.0 cm³/mol. The molecule has 0 saturated heterocycles. The molecule has 15 heavy (non-hydrogen) atoms. The zero-order chi connectivity index (χ0) is 11.5. The van der Waals surface area contributed by atoms with Crippen molar-refractivity contribution in [3.05, 3.63) is 23.4 Å². The Labute approximate surface area is 81.9 Å². The van der Waals surface area contributed by atoms with Crippen molar-refractivity contribution in [2.24, 2.45) is 0 Å². The number of hydrogen-bond acceptors (Lipinski definition) is 4. The summed E-state index contributed by atoms with van der Waals surface area (Å²) in [5, 5.41) is 8.46. The molecule has 0 aliphatic heterocycles. The van der Waals surface area contributed by atoms with Gasteiger partial charge >= 0.3 is 6.36 Å². The third kappa shape index (κ3) is 2.95. The molecule has 1 aromatic rings. The lowest BCUT2D eigenvalue weighted by atomic mass is 10.2. The molecule has 0 aliphatic rings. The van der Waals surface area contributed by atoms with Gasteiger partial charge in [-0.2, -0.15) is 5.26 Å². The van der Waals surface area contributed by atoms with Crippen molar-refractivity contribution in [2.45, 2.75) is 6.36 Å². The van der Waals surface area contributed by atoms with Crippen LogP contribution in [0.2, 0.25) is 0 Å². The van der Waals surface area contributed by atoms with Gasteiger partial charge in [0, 0.05) is 6.07 Å². The molecule has 0 spiro atoms. The van der Waals surface area contributed by atoms with Crippen molar-refractivity contribution in [1.82, 2.24) is 4.98 Å². The van der Waals surface area contributed by atoms with Crippen LogP contribution in [0.5, 0.6) is 5.88 Å². The molecule has 0 atom stereocenters. The minimum atomic E-state index is -4.87. The highest BCUT2D eigenvalue weighted by Gasteiger charge is 2.31. The lowest BCUT2D eigenvalue weighted by molar-refractivity contribution is -0.276. The molecule has 0 saturated carbocycles. The summed E-state index contributed by atoms with van der Waals surface area (Å²) in [6.07, 6.45) is -4.69. The van der Waals surface area contributed by atoms with Crippen molar-refractivity contribution < 1.29 is 22.7 Å². The smallest absolute Gasteiger partial charge is 0.388 e. The number of aldehydes is 1. The molecule has 0 aromatic carbocycles. The molecule has 0 fully saturated rings. The Morgan fingerprint density at radius 1 is 1.47 bits per heavy atom. The lowest BCUT2D eigenvalue weighted by Gasteiger charge is -2.07. The van der Waals surface area contributed by atoms with Gasteiger partial charge in [-0.1, -0.05) is 0 Å². The minimum absolute atomic E-state index is 0.112. The molecule has 78 valence electrons. The van der Waals surface area contributed by atoms with E-state index in [1.54, 1.807) is 6.07 Å². The molecule has 4 nitrogen and oxygen atoms in total. The summed E-state index contributed by atoms with van der Waals surface area (Å²) in [5.41, 5.74) is -0.501. The molecule has 0 amide bonds. The first kappa shape index (κ1) is 11.0. The Balaban J connectivity index is 3.05. The number of rotatable bonds is 2. The first-order chi connectivity index (χ1) is 6.96. The van der Waals surface area contributed by atoms with Crippen molar-refractivity contribution in [2.75, 3.05) is 0 Å². The van der Waals surface area contributed by atoms with Crippen molar-refractivity contribution in [3.8, 4) is 11.9 Å². The highest BCUT2D eigenvalue weighted by molar-refractivity contribution is 5.76. The molecule has 7 heteroatoms. The number of pyridine rings is 1. The minimum Gasteiger partial charge on any atom is -0.388 e. The Hall–Kier alpha value is -2.10. The largest absolute Gasteiger partial charge is 0.574 e. The molecule has 0 unspecified atom stereocenters. The van der Waals surface area contributed by atoms with Crippen LogP contribution >= 0.6 is 0 Å². The van der Waals surface area contributed by atoms with Gasteiger partial charge in [-0.05, 0) is 6.07 Å². The zero-order valence-corrected chi connectivity index (χ0v) is 7.08. The Kier molecular flexibility index (Phi) is 2.90. The zero-order valence-electron chi connectivity index (χ0n) is 7.08. The maximum atomic E-state index is 11.7. The van der Waals surface area contributed by atoms with E-state index in [1.807, 2.05) is 0 Å². The van der Waals surface area contributed by atoms with Gasteiger partial charge in [-0.15, -0.1) is 13.2 Å². The van der Waals surface area contributed by atoms with Gasteiger partial charge in [0.25, 0.3) is 0 Å². The number of carbonyl (C=O) groups is 1. The SMILES string of the molecule is N#Cc1ccc(OC(F)(F)F)nc1C=O. The fraction of sp³-hybridized carbons (Fsp3) is 0.125. The van der Waals surface area contributed by atoms with Crippen LogP contribution in [-0.2, 0) is 0 Å². The summed E-state index contributed by atoms with van der Waals surface area (Å²) in [7, 11) is 0. The average Bonchev–Trinajstić information content (AvgIpc) is 2.15. The summed E-state index contributed by atoms with van der Waals surface area (Å²) in [4.78, 5) is 13.6. The predicted octanol–water partition coefficient (Wildman–Crippen LogP) is 1.66. The van der Waals surface area contributed by atoms with Crippen molar-refractivity contribution >= 4 is 6.29 Å². The van der Waals surface area contributed by atoms with E-state index in [2.05, 4.69) is 9.72 Å². The van der Waals surface area contributed by atoms with Gasteiger partial charge < -0.3 is 4.74 Å². The number of hydrogen-bond donors (Lipinski definition) is 0. The molecular formula is C8H3F3N2O2. The maximum Gasteiger partial charge on any atom is 0.574 e. The Morgan fingerprint density at radius 2 is 2.13 bits per heavy atom. The third-order valence-corrected chi connectivity index (χ3v) is 1.35. The highest BCUT2D eigenvalue weighted by Crippen LogP contribution is 2.21. The topological polar surface area (TPSA) is 63.0 Å². The van der Waals surface area contributed by atoms with Crippen LogP contribution in [0.1, 0.15) is 16.1 Å².